The number of hydrogen-bond donors (Lipinski definition) is 3. The number of nitrogen functional groups attached to an aromatic ring is 1. The van der Waals surface area contributed by atoms with E-state index in [2.05, 4.69) is 21.3 Å². The van der Waals surface area contributed by atoms with Gasteiger partial charge in [-0.3, -0.25) is 4.98 Å². The van der Waals surface area contributed by atoms with Crippen molar-refractivity contribution < 1.29 is 47.7 Å². The van der Waals surface area contributed by atoms with Crippen molar-refractivity contribution in [2.24, 2.45) is 0 Å². The minimum atomic E-state index is -0.708. The molecule has 0 bridgehead atoms. The van der Waals surface area contributed by atoms with Crippen molar-refractivity contribution in [2.75, 3.05) is 12.3 Å². The van der Waals surface area contributed by atoms with Crippen molar-refractivity contribution in [1.29, 1.82) is 0 Å². The molecule has 0 spiro atoms. The number of rotatable bonds is 2. The largest absolute Gasteiger partial charge is 3.00 e. The number of aliphatic hydroxyl groups excluding tert-OH is 2. The Bertz CT molecular complexity index is 577. The fourth-order valence-electron chi connectivity index (χ4n) is 2.09. The summed E-state index contributed by atoms with van der Waals surface area (Å²) in [5, 5.41) is 18.7. The molecule has 3 heterocycles. The zero-order valence-electron chi connectivity index (χ0n) is 9.97. The average molecular weight is 339 g/mol. The molecule has 1 saturated heterocycles. The zero-order valence-corrected chi connectivity index (χ0v) is 12.8. The molecule has 8 nitrogen and oxygen atoms in total. The number of anilines is 1. The van der Waals surface area contributed by atoms with E-state index in [1.807, 2.05) is 0 Å². The first-order valence-corrected chi connectivity index (χ1v) is 5.51. The Kier molecular flexibility index (Phi) is 4.47. The molecule has 1 aliphatic rings. The van der Waals surface area contributed by atoms with Crippen LogP contribution in [0.4, 0.5) is 5.82 Å². The van der Waals surface area contributed by atoms with Gasteiger partial charge in [-0.2, -0.15) is 0 Å². The van der Waals surface area contributed by atoms with Crippen LogP contribution in [-0.2, 0) is 37.4 Å². The molecule has 2 aromatic heterocycles. The minimum absolute atomic E-state index is 0. The van der Waals surface area contributed by atoms with Crippen LogP contribution in [0.15, 0.2) is 6.33 Å². The number of fused-ring (bicyclic) bond motifs is 1. The van der Waals surface area contributed by atoms with Crippen LogP contribution in [0.1, 0.15) is 12.6 Å². The van der Waals surface area contributed by atoms with Crippen LogP contribution in [0.3, 0.4) is 0 Å². The van der Waals surface area contributed by atoms with E-state index in [0.717, 1.165) is 0 Å². The van der Waals surface area contributed by atoms with Gasteiger partial charge in [-0.05, 0) is 0 Å². The normalized spacial score (nSPS) is 26.5. The van der Waals surface area contributed by atoms with Crippen LogP contribution in [0.2, 0.25) is 0 Å². The monoisotopic (exact) mass is 339 g/mol. The molecule has 1 aliphatic heterocycles. The maximum absolute atomic E-state index is 9.70. The second-order valence-corrected chi connectivity index (χ2v) is 4.15. The van der Waals surface area contributed by atoms with Gasteiger partial charge in [0.15, 0.2) is 0 Å². The first-order chi connectivity index (χ1) is 8.70. The summed E-state index contributed by atoms with van der Waals surface area (Å²) in [7, 11) is 0. The van der Waals surface area contributed by atoms with E-state index < -0.39 is 18.4 Å². The molecule has 96 valence electrons. The molecule has 1 fully saturated rings. The van der Waals surface area contributed by atoms with Gasteiger partial charge < -0.3 is 35.2 Å². The van der Waals surface area contributed by atoms with Gasteiger partial charge >= 0.3 is 32.7 Å². The quantitative estimate of drug-likeness (QED) is 0.591. The third kappa shape index (κ3) is 2.51. The van der Waals surface area contributed by atoms with Crippen molar-refractivity contribution in [1.82, 2.24) is 19.5 Å². The third-order valence-corrected chi connectivity index (χ3v) is 3.03. The molecule has 0 aliphatic carbocycles. The number of nitrogens with two attached hydrogens (primary N) is 1. The Balaban J connectivity index is 0.00000133. The van der Waals surface area contributed by atoms with E-state index in [-0.39, 0.29) is 45.1 Å². The summed E-state index contributed by atoms with van der Waals surface area (Å²) in [6.07, 6.45) is 2.61. The summed E-state index contributed by atoms with van der Waals surface area (Å²) in [6, 6.07) is 0. The van der Waals surface area contributed by atoms with Gasteiger partial charge in [0, 0.05) is 24.1 Å². The first-order valence-electron chi connectivity index (χ1n) is 5.51. The molecule has 2 aromatic rings. The summed E-state index contributed by atoms with van der Waals surface area (Å²) in [4.78, 5) is 11.8. The van der Waals surface area contributed by atoms with Gasteiger partial charge in [0.25, 0.3) is 0 Å². The maximum atomic E-state index is 9.70. The molecule has 0 radical (unpaired) electrons. The van der Waals surface area contributed by atoms with Crippen molar-refractivity contribution in [2.45, 2.75) is 24.9 Å². The first kappa shape index (κ1) is 14.7. The smallest absolute Gasteiger partial charge is 0.433 e. The summed E-state index contributed by atoms with van der Waals surface area (Å²) < 4.78 is 7.18. The fourth-order valence-corrected chi connectivity index (χ4v) is 2.09. The minimum Gasteiger partial charge on any atom is -0.433 e. The Morgan fingerprint density at radius 3 is 3.00 bits per heavy atom. The maximum Gasteiger partial charge on any atom is 3.00 e. The van der Waals surface area contributed by atoms with Crippen LogP contribution in [0.25, 0.3) is 11.2 Å². The topological polar surface area (TPSA) is 119 Å². The SMILES string of the molecule is Nc1n[c-]nc2c1ncn2C1CC(O)C(CO)O1.[Y+3]. The molecular weight excluding hydrogens is 327 g/mol. The van der Waals surface area contributed by atoms with Crippen LogP contribution in [-0.4, -0.2) is 48.5 Å². The molecule has 4 N–H and O–H groups in total. The molecule has 19 heavy (non-hydrogen) atoms. The molecule has 0 aromatic carbocycles. The number of aromatic nitrogens is 4. The van der Waals surface area contributed by atoms with Crippen LogP contribution < -0.4 is 5.73 Å². The van der Waals surface area contributed by atoms with E-state index >= 15 is 0 Å². The molecule has 3 unspecified atom stereocenters. The number of aliphatic hydroxyl groups is 2. The van der Waals surface area contributed by atoms with Crippen molar-refractivity contribution >= 4 is 17.0 Å². The van der Waals surface area contributed by atoms with Crippen LogP contribution in [0, 0.1) is 6.33 Å². The molecule has 0 amide bonds. The number of imidazole rings is 1. The summed E-state index contributed by atoms with van der Waals surface area (Å²) >= 11 is 0. The van der Waals surface area contributed by atoms with Crippen molar-refractivity contribution in [3.8, 4) is 0 Å². The average Bonchev–Trinajstić information content (AvgIpc) is 2.93. The fraction of sp³-hybridized carbons (Fsp3) is 0.500. The summed E-state index contributed by atoms with van der Waals surface area (Å²) in [5.41, 5.74) is 6.63. The number of hydrogen-bond acceptors (Lipinski definition) is 7. The Hall–Kier alpha value is -0.666. The van der Waals surface area contributed by atoms with Gasteiger partial charge in [0.2, 0.25) is 0 Å². The number of nitrogens with zero attached hydrogens (tertiary/aromatic N) is 4. The van der Waals surface area contributed by atoms with Gasteiger partial charge in [0.1, 0.15) is 12.3 Å². The third-order valence-electron chi connectivity index (χ3n) is 3.03. The predicted octanol–water partition coefficient (Wildman–Crippen LogP) is -1.15. The van der Waals surface area contributed by atoms with Crippen LogP contribution >= 0.6 is 0 Å². The molecular formula is C10H12N5O3Y+2. The molecule has 0 saturated carbocycles. The van der Waals surface area contributed by atoms with E-state index in [0.29, 0.717) is 17.6 Å². The molecule has 3 rings (SSSR count). The summed E-state index contributed by atoms with van der Waals surface area (Å²) in [6.45, 7) is -0.229. The van der Waals surface area contributed by atoms with Gasteiger partial charge in [-0.15, -0.1) is 0 Å². The van der Waals surface area contributed by atoms with E-state index in [9.17, 15) is 5.11 Å². The van der Waals surface area contributed by atoms with Crippen molar-refractivity contribution in [3.05, 3.63) is 12.7 Å². The zero-order chi connectivity index (χ0) is 12.7. The Morgan fingerprint density at radius 1 is 1.53 bits per heavy atom. The summed E-state index contributed by atoms with van der Waals surface area (Å²) in [5.74, 6) is 0.246. The Morgan fingerprint density at radius 2 is 2.32 bits per heavy atom. The molecule has 9 heteroatoms. The van der Waals surface area contributed by atoms with E-state index in [4.69, 9.17) is 15.6 Å². The standard InChI is InChI=1S/C10H12N5O3.Y/c11-9-8-10(13-3-12-9)15(4-14-8)7-1-5(17)6(2-16)18-7;/h4-7,16-17H,1-2H2,(H2,11,12,13);/q-1;+3. The van der Waals surface area contributed by atoms with E-state index in [1.54, 1.807) is 4.57 Å². The number of ether oxygens (including phenoxy) is 1. The molecule has 3 atom stereocenters. The van der Waals surface area contributed by atoms with Gasteiger partial charge in [0.05, 0.1) is 24.7 Å². The predicted molar refractivity (Wildman–Crippen MR) is 60.2 cm³/mol. The van der Waals surface area contributed by atoms with Crippen LogP contribution in [0.5, 0.6) is 0 Å². The van der Waals surface area contributed by atoms with Crippen molar-refractivity contribution in [3.63, 3.8) is 0 Å². The van der Waals surface area contributed by atoms with Gasteiger partial charge in [-0.1, -0.05) is 0 Å². The van der Waals surface area contributed by atoms with E-state index in [1.165, 1.54) is 6.33 Å². The van der Waals surface area contributed by atoms with Gasteiger partial charge in [-0.25, -0.2) is 0 Å². The Labute approximate surface area is 133 Å². The second kappa shape index (κ2) is 5.76. The second-order valence-electron chi connectivity index (χ2n) is 4.15.